The zero-order valence-corrected chi connectivity index (χ0v) is 14.3. The molecule has 0 saturated carbocycles. The fraction of sp³-hybridized carbons (Fsp3) is 0.562. The highest BCUT2D eigenvalue weighted by Crippen LogP contribution is 2.27. The molecule has 0 aliphatic carbocycles. The van der Waals surface area contributed by atoms with Gasteiger partial charge in [0.1, 0.15) is 5.60 Å². The summed E-state index contributed by atoms with van der Waals surface area (Å²) in [5.74, 6) is 0. The van der Waals surface area contributed by atoms with Gasteiger partial charge in [-0.2, -0.15) is 0 Å². The maximum Gasteiger partial charge on any atom is 0.296 e. The fourth-order valence-electron chi connectivity index (χ4n) is 2.59. The van der Waals surface area contributed by atoms with Gasteiger partial charge in [0.05, 0.1) is 5.25 Å². The van der Waals surface area contributed by atoms with Gasteiger partial charge in [-0.3, -0.25) is 0 Å². The van der Waals surface area contributed by atoms with Crippen LogP contribution < -0.4 is 11.1 Å². The van der Waals surface area contributed by atoms with Gasteiger partial charge in [0, 0.05) is 0 Å². The number of hydrogen-bond acceptors (Lipinski definition) is 4. The zero-order valence-electron chi connectivity index (χ0n) is 13.5. The molecule has 0 bridgehead atoms. The normalized spacial score (nSPS) is 23.7. The van der Waals surface area contributed by atoms with E-state index in [0.29, 0.717) is 6.42 Å². The van der Waals surface area contributed by atoms with E-state index in [4.69, 9.17) is 10.5 Å². The van der Waals surface area contributed by atoms with Crippen molar-refractivity contribution in [3.05, 3.63) is 35.4 Å². The van der Waals surface area contributed by atoms with Crippen LogP contribution in [0.1, 0.15) is 31.4 Å². The van der Waals surface area contributed by atoms with Crippen LogP contribution in [0, 0.1) is 0 Å². The summed E-state index contributed by atoms with van der Waals surface area (Å²) >= 11 is 0. The molecule has 2 atom stereocenters. The van der Waals surface area contributed by atoms with E-state index in [1.54, 1.807) is 0 Å². The highest BCUT2D eigenvalue weighted by atomic mass is 32.2. The second-order valence-corrected chi connectivity index (χ2v) is 7.43. The lowest BCUT2D eigenvalue weighted by molar-refractivity contribution is 0.0848. The Hall–Kier alpha value is -1.40. The molecule has 1 heterocycles. The van der Waals surface area contributed by atoms with Gasteiger partial charge in [-0.05, 0) is 57.8 Å². The molecular formula is C16H25N3O2S. The van der Waals surface area contributed by atoms with E-state index in [0.717, 1.165) is 24.9 Å². The lowest BCUT2D eigenvalue weighted by Gasteiger charge is -2.35. The molecule has 1 aliphatic rings. The minimum absolute atomic E-state index is 0.0134. The van der Waals surface area contributed by atoms with E-state index in [1.807, 2.05) is 20.9 Å². The number of nitrogens with one attached hydrogen (secondary N) is 1. The molecule has 6 heteroatoms. The summed E-state index contributed by atoms with van der Waals surface area (Å²) in [5.41, 5.74) is 7.45. The smallest absolute Gasteiger partial charge is 0.296 e. The van der Waals surface area contributed by atoms with Crippen LogP contribution in [0.5, 0.6) is 0 Å². The largest absolute Gasteiger partial charge is 0.457 e. The van der Waals surface area contributed by atoms with Gasteiger partial charge >= 0.3 is 0 Å². The second-order valence-electron chi connectivity index (χ2n) is 6.13. The summed E-state index contributed by atoms with van der Waals surface area (Å²) in [6.45, 7) is 4.83. The fourth-order valence-corrected chi connectivity index (χ4v) is 3.80. The van der Waals surface area contributed by atoms with E-state index in [1.165, 1.54) is 5.56 Å². The first kappa shape index (κ1) is 17.0. The predicted molar refractivity (Wildman–Crippen MR) is 91.1 cm³/mol. The van der Waals surface area contributed by atoms with Crippen molar-refractivity contribution < 1.29 is 8.95 Å². The first-order valence-electron chi connectivity index (χ1n) is 7.58. The summed E-state index contributed by atoms with van der Waals surface area (Å²) in [6.07, 6.45) is 2.84. The highest BCUT2D eigenvalue weighted by Gasteiger charge is 2.40. The predicted octanol–water partition coefficient (Wildman–Crippen LogP) is 1.54. The van der Waals surface area contributed by atoms with Gasteiger partial charge in [-0.25, -0.2) is 4.21 Å². The first-order chi connectivity index (χ1) is 10.4. The molecule has 2 rings (SSSR count). The molecule has 0 aromatic heterocycles. The van der Waals surface area contributed by atoms with Gasteiger partial charge < -0.3 is 15.8 Å². The number of aryl methyl sites for hydroxylation is 1. The average molecular weight is 323 g/mol. The molecular weight excluding hydrogens is 298 g/mol. The number of ether oxygens (including phenoxy) is 1. The molecule has 0 spiro atoms. The number of rotatable bonds is 6. The third kappa shape index (κ3) is 4.30. The standard InChI is InChI=1S/C16H25N3O2S/c1-16(2)14(22(20)19-15(17)21-16)11-13-8-6-12(7-9-13)5-4-10-18-3/h6-9,14,18H,4-5,10-11H2,1-3H3,(H2,17,19). The number of nitrogens with two attached hydrogens (primary N) is 1. The number of nitrogens with zero attached hydrogens (tertiary/aromatic N) is 1. The molecule has 0 fully saturated rings. The molecule has 3 N–H and O–H groups in total. The van der Waals surface area contributed by atoms with Gasteiger partial charge in [0.15, 0.2) is 11.0 Å². The van der Waals surface area contributed by atoms with Crippen LogP contribution in [0.4, 0.5) is 0 Å². The molecule has 1 aliphatic heterocycles. The SMILES string of the molecule is CNCCCc1ccc(CC2S(=O)N=C(N)OC2(C)C)cc1. The van der Waals surface area contributed by atoms with E-state index in [-0.39, 0.29) is 11.3 Å². The lowest BCUT2D eigenvalue weighted by atomic mass is 9.96. The molecule has 5 nitrogen and oxygen atoms in total. The van der Waals surface area contributed by atoms with Crippen molar-refractivity contribution in [2.75, 3.05) is 13.6 Å². The Morgan fingerprint density at radius 1 is 1.32 bits per heavy atom. The average Bonchev–Trinajstić information content (AvgIpc) is 2.44. The van der Waals surface area contributed by atoms with Crippen molar-refractivity contribution in [2.24, 2.45) is 10.1 Å². The lowest BCUT2D eigenvalue weighted by Crippen LogP contribution is -2.49. The highest BCUT2D eigenvalue weighted by molar-refractivity contribution is 7.84. The summed E-state index contributed by atoms with van der Waals surface area (Å²) < 4.78 is 21.6. The Morgan fingerprint density at radius 3 is 2.55 bits per heavy atom. The molecule has 1 aromatic carbocycles. The van der Waals surface area contributed by atoms with E-state index in [9.17, 15) is 4.21 Å². The van der Waals surface area contributed by atoms with Crippen LogP contribution in [0.3, 0.4) is 0 Å². The van der Waals surface area contributed by atoms with Crippen LogP contribution in [0.25, 0.3) is 0 Å². The summed E-state index contributed by atoms with van der Waals surface area (Å²) in [5, 5.41) is 2.95. The van der Waals surface area contributed by atoms with Crippen LogP contribution in [-0.4, -0.2) is 34.7 Å². The maximum absolute atomic E-state index is 12.2. The molecule has 0 radical (unpaired) electrons. The first-order valence-corrected chi connectivity index (χ1v) is 8.75. The van der Waals surface area contributed by atoms with Crippen LogP contribution in [-0.2, 0) is 28.6 Å². The third-order valence-electron chi connectivity index (χ3n) is 3.90. The van der Waals surface area contributed by atoms with Gasteiger partial charge in [0.25, 0.3) is 6.02 Å². The van der Waals surface area contributed by atoms with E-state index in [2.05, 4.69) is 34.0 Å². The Bertz CT molecular complexity index is 555. The third-order valence-corrected chi connectivity index (χ3v) is 5.48. The Balaban J connectivity index is 2.02. The summed E-state index contributed by atoms with van der Waals surface area (Å²) in [7, 11) is 0.605. The van der Waals surface area contributed by atoms with Gasteiger partial charge in [-0.1, -0.05) is 24.3 Å². The quantitative estimate of drug-likeness (QED) is 0.779. The van der Waals surface area contributed by atoms with Crippen molar-refractivity contribution in [3.63, 3.8) is 0 Å². The second kappa shape index (κ2) is 7.24. The summed E-state index contributed by atoms with van der Waals surface area (Å²) in [6, 6.07) is 8.50. The van der Waals surface area contributed by atoms with Crippen molar-refractivity contribution in [1.82, 2.24) is 5.32 Å². The monoisotopic (exact) mass is 323 g/mol. The molecule has 0 amide bonds. The minimum atomic E-state index is -1.36. The van der Waals surface area contributed by atoms with Crippen molar-refractivity contribution >= 4 is 17.0 Å². The van der Waals surface area contributed by atoms with Gasteiger partial charge in [-0.15, -0.1) is 4.40 Å². The van der Waals surface area contributed by atoms with E-state index >= 15 is 0 Å². The number of benzene rings is 1. The molecule has 22 heavy (non-hydrogen) atoms. The van der Waals surface area contributed by atoms with Gasteiger partial charge in [0.2, 0.25) is 0 Å². The topological polar surface area (TPSA) is 76.7 Å². The molecule has 122 valence electrons. The van der Waals surface area contributed by atoms with Crippen LogP contribution >= 0.6 is 0 Å². The van der Waals surface area contributed by atoms with Crippen LogP contribution in [0.15, 0.2) is 28.7 Å². The number of hydrogen-bond donors (Lipinski definition) is 2. The number of amidine groups is 1. The summed E-state index contributed by atoms with van der Waals surface area (Å²) in [4.78, 5) is 0. The molecule has 0 saturated heterocycles. The van der Waals surface area contributed by atoms with Crippen molar-refractivity contribution in [2.45, 2.75) is 44.0 Å². The Labute approximate surface area is 134 Å². The van der Waals surface area contributed by atoms with Crippen molar-refractivity contribution in [1.29, 1.82) is 0 Å². The maximum atomic E-state index is 12.2. The molecule has 1 aromatic rings. The molecule has 2 unspecified atom stereocenters. The Kier molecular flexibility index (Phi) is 5.58. The van der Waals surface area contributed by atoms with Crippen molar-refractivity contribution in [3.8, 4) is 0 Å². The van der Waals surface area contributed by atoms with E-state index < -0.39 is 16.6 Å². The zero-order chi connectivity index (χ0) is 16.2. The Morgan fingerprint density at radius 2 is 1.95 bits per heavy atom. The van der Waals surface area contributed by atoms with Crippen LogP contribution in [0.2, 0.25) is 0 Å². The minimum Gasteiger partial charge on any atom is -0.457 e.